The van der Waals surface area contributed by atoms with Crippen LogP contribution in [-0.2, 0) is 15.1 Å². The fourth-order valence-electron chi connectivity index (χ4n) is 2.66. The van der Waals surface area contributed by atoms with E-state index in [1.165, 1.54) is 10.8 Å². The van der Waals surface area contributed by atoms with Gasteiger partial charge in [0.05, 0.1) is 11.8 Å². The molecule has 2 aromatic rings. The van der Waals surface area contributed by atoms with E-state index in [0.717, 1.165) is 0 Å². The first-order chi connectivity index (χ1) is 11.0. The zero-order valence-electron chi connectivity index (χ0n) is 11.8. The first-order valence-corrected chi connectivity index (χ1v) is 6.68. The number of hydrogen-bond acceptors (Lipinski definition) is 8. The van der Waals surface area contributed by atoms with E-state index in [1.807, 2.05) is 6.07 Å². The van der Waals surface area contributed by atoms with Crippen molar-refractivity contribution in [2.45, 2.75) is 24.2 Å². The van der Waals surface area contributed by atoms with Crippen LogP contribution in [0.15, 0.2) is 18.5 Å². The fraction of sp³-hybridized carbons (Fsp3) is 0.385. The molecule has 0 radical (unpaired) electrons. The minimum absolute atomic E-state index is 0.0484. The fourth-order valence-corrected chi connectivity index (χ4v) is 2.66. The molecule has 10 heteroatoms. The van der Waals surface area contributed by atoms with E-state index in [9.17, 15) is 15.2 Å². The molecule has 0 aliphatic carbocycles. The van der Waals surface area contributed by atoms with Crippen LogP contribution in [0.2, 0.25) is 0 Å². The van der Waals surface area contributed by atoms with Crippen LogP contribution in [-0.4, -0.2) is 49.8 Å². The van der Waals surface area contributed by atoms with E-state index in [0.29, 0.717) is 11.2 Å². The molecule has 0 saturated carbocycles. The third kappa shape index (κ3) is 2.41. The van der Waals surface area contributed by atoms with E-state index in [-0.39, 0.29) is 18.8 Å². The van der Waals surface area contributed by atoms with Gasteiger partial charge in [0, 0.05) is 6.42 Å². The van der Waals surface area contributed by atoms with E-state index < -0.39 is 24.0 Å². The molecule has 3 rings (SSSR count). The Bertz CT molecular complexity index is 800. The number of fused-ring (bicyclic) bond motifs is 1. The number of nitriles is 1. The molecule has 0 unspecified atom stereocenters. The van der Waals surface area contributed by atoms with Crippen molar-refractivity contribution in [1.29, 1.82) is 5.26 Å². The van der Waals surface area contributed by atoms with Gasteiger partial charge in [0.2, 0.25) is 0 Å². The van der Waals surface area contributed by atoms with Crippen LogP contribution in [0.25, 0.3) is 5.52 Å². The number of rotatable bonds is 3. The SMILES string of the molecule is N#C[C@]1(c2ccc3c(N)ncnn23)C[C@H](O)[C@@H](COC(=O)O)O1. The first kappa shape index (κ1) is 15.0. The lowest BCUT2D eigenvalue weighted by molar-refractivity contribution is -0.0602. The molecule has 10 nitrogen and oxygen atoms in total. The Kier molecular flexibility index (Phi) is 3.51. The van der Waals surface area contributed by atoms with Crippen LogP contribution < -0.4 is 5.73 Å². The molecule has 3 heterocycles. The number of anilines is 1. The lowest BCUT2D eigenvalue weighted by Crippen LogP contribution is -2.29. The number of nitrogens with zero attached hydrogens (tertiary/aromatic N) is 4. The third-order valence-corrected chi connectivity index (χ3v) is 3.73. The van der Waals surface area contributed by atoms with Crippen LogP contribution in [0, 0.1) is 11.3 Å². The van der Waals surface area contributed by atoms with Gasteiger partial charge in [-0.3, -0.25) is 0 Å². The number of aliphatic hydroxyl groups excluding tert-OH is 1. The van der Waals surface area contributed by atoms with Gasteiger partial charge in [0.25, 0.3) is 0 Å². The van der Waals surface area contributed by atoms with Crippen LogP contribution in [0.3, 0.4) is 0 Å². The Morgan fingerprint density at radius 1 is 1.65 bits per heavy atom. The number of hydrogen-bond donors (Lipinski definition) is 3. The molecule has 4 N–H and O–H groups in total. The highest BCUT2D eigenvalue weighted by Gasteiger charge is 2.50. The summed E-state index contributed by atoms with van der Waals surface area (Å²) in [6, 6.07) is 5.28. The van der Waals surface area contributed by atoms with Gasteiger partial charge >= 0.3 is 6.16 Å². The maximum Gasteiger partial charge on any atom is 0.505 e. The number of carboxylic acid groups (broad SMARTS) is 1. The van der Waals surface area contributed by atoms with Crippen molar-refractivity contribution >= 4 is 17.5 Å². The van der Waals surface area contributed by atoms with Gasteiger partial charge in [0.1, 0.15) is 30.6 Å². The van der Waals surface area contributed by atoms with Gasteiger partial charge in [-0.1, -0.05) is 0 Å². The van der Waals surface area contributed by atoms with Gasteiger partial charge in [-0.2, -0.15) is 10.4 Å². The summed E-state index contributed by atoms with van der Waals surface area (Å²) in [5.74, 6) is 0.239. The highest BCUT2D eigenvalue weighted by Crippen LogP contribution is 2.40. The quantitative estimate of drug-likeness (QED) is 0.656. The summed E-state index contributed by atoms with van der Waals surface area (Å²) < 4.78 is 11.5. The number of carbonyl (C=O) groups is 1. The van der Waals surface area contributed by atoms with Crippen LogP contribution in [0.4, 0.5) is 10.6 Å². The second kappa shape index (κ2) is 5.38. The summed E-state index contributed by atoms with van der Waals surface area (Å²) in [5, 5.41) is 32.3. The second-order valence-electron chi connectivity index (χ2n) is 5.10. The van der Waals surface area contributed by atoms with Crippen LogP contribution in [0.5, 0.6) is 0 Å². The van der Waals surface area contributed by atoms with Gasteiger partial charge in [-0.25, -0.2) is 14.3 Å². The van der Waals surface area contributed by atoms with E-state index >= 15 is 0 Å². The summed E-state index contributed by atoms with van der Waals surface area (Å²) in [6.07, 6.45) is -2.29. The molecule has 3 atom stereocenters. The zero-order valence-corrected chi connectivity index (χ0v) is 11.8. The van der Waals surface area contributed by atoms with E-state index in [4.69, 9.17) is 15.6 Å². The smallest absolute Gasteiger partial charge is 0.450 e. The lowest BCUT2D eigenvalue weighted by atomic mass is 9.96. The van der Waals surface area contributed by atoms with E-state index in [1.54, 1.807) is 12.1 Å². The molecule has 0 amide bonds. The number of aliphatic hydroxyl groups is 1. The number of aromatic nitrogens is 3. The maximum atomic E-state index is 10.5. The molecular weight excluding hydrogens is 306 g/mol. The molecule has 0 bridgehead atoms. The summed E-state index contributed by atoms with van der Waals surface area (Å²) in [4.78, 5) is 14.3. The van der Waals surface area contributed by atoms with Crippen molar-refractivity contribution in [3.8, 4) is 6.07 Å². The van der Waals surface area contributed by atoms with Crippen molar-refractivity contribution < 1.29 is 24.5 Å². The average Bonchev–Trinajstić information content (AvgIpc) is 3.08. The molecule has 23 heavy (non-hydrogen) atoms. The Morgan fingerprint density at radius 3 is 3.13 bits per heavy atom. The first-order valence-electron chi connectivity index (χ1n) is 6.68. The molecule has 2 aromatic heterocycles. The monoisotopic (exact) mass is 319 g/mol. The number of ether oxygens (including phenoxy) is 2. The predicted molar refractivity (Wildman–Crippen MR) is 74.2 cm³/mol. The van der Waals surface area contributed by atoms with Gasteiger partial charge in [-0.15, -0.1) is 0 Å². The maximum absolute atomic E-state index is 10.5. The third-order valence-electron chi connectivity index (χ3n) is 3.73. The van der Waals surface area contributed by atoms with E-state index in [2.05, 4.69) is 14.8 Å². The predicted octanol–water partition coefficient (Wildman–Crippen LogP) is -0.125. The van der Waals surface area contributed by atoms with Crippen molar-refractivity contribution in [3.05, 3.63) is 24.2 Å². The van der Waals surface area contributed by atoms with Crippen LogP contribution >= 0.6 is 0 Å². The molecule has 1 saturated heterocycles. The summed E-state index contributed by atoms with van der Waals surface area (Å²) in [6.45, 7) is -0.375. The minimum atomic E-state index is -1.49. The van der Waals surface area contributed by atoms with Crippen LogP contribution in [0.1, 0.15) is 12.1 Å². The molecule has 0 spiro atoms. The average molecular weight is 319 g/mol. The highest BCUT2D eigenvalue weighted by molar-refractivity contribution is 5.66. The Morgan fingerprint density at radius 2 is 2.43 bits per heavy atom. The molecule has 120 valence electrons. The molecule has 1 aliphatic rings. The molecular formula is C13H13N5O5. The number of nitrogens with two attached hydrogens (primary N) is 1. The highest BCUT2D eigenvalue weighted by atomic mass is 16.7. The van der Waals surface area contributed by atoms with Gasteiger partial charge in [-0.05, 0) is 12.1 Å². The van der Waals surface area contributed by atoms with Gasteiger partial charge < -0.3 is 25.4 Å². The summed E-state index contributed by atoms with van der Waals surface area (Å²) in [5.41, 5.74) is 5.15. The zero-order chi connectivity index (χ0) is 16.6. The van der Waals surface area contributed by atoms with Crippen molar-refractivity contribution in [2.75, 3.05) is 12.3 Å². The standard InChI is InChI=1S/C13H13N5O5/c14-5-13(3-8(19)9(23-13)4-22-12(20)21)10-2-1-7-11(15)16-6-17-18(7)10/h1-2,6,8-9,19H,3-4H2,(H,20,21)(H2,15,16,17)/t8-,9+,13-/m0/s1. The van der Waals surface area contributed by atoms with Gasteiger partial charge in [0.15, 0.2) is 11.4 Å². The van der Waals surface area contributed by atoms with Crippen molar-refractivity contribution in [3.63, 3.8) is 0 Å². The summed E-state index contributed by atoms with van der Waals surface area (Å²) in [7, 11) is 0. The Hall–Kier alpha value is -2.90. The van der Waals surface area contributed by atoms with Crippen molar-refractivity contribution in [1.82, 2.24) is 14.6 Å². The van der Waals surface area contributed by atoms with Crippen molar-refractivity contribution in [2.24, 2.45) is 0 Å². The molecule has 1 fully saturated rings. The Balaban J connectivity index is 1.97. The Labute approximate surface area is 129 Å². The lowest BCUT2D eigenvalue weighted by Gasteiger charge is -2.21. The molecule has 1 aliphatic heterocycles. The number of nitrogen functional groups attached to an aromatic ring is 1. The second-order valence-corrected chi connectivity index (χ2v) is 5.10. The summed E-state index contributed by atoms with van der Waals surface area (Å²) >= 11 is 0. The molecule has 0 aromatic carbocycles. The largest absolute Gasteiger partial charge is 0.505 e. The topological polar surface area (TPSA) is 156 Å². The normalized spacial score (nSPS) is 27.0. The minimum Gasteiger partial charge on any atom is -0.450 e.